The Hall–Kier alpha value is -2.51. The van der Waals surface area contributed by atoms with Crippen LogP contribution in [0.15, 0.2) is 0 Å². The average Bonchev–Trinajstić information content (AvgIpc) is 3.18. The fourth-order valence-corrected chi connectivity index (χ4v) is 3.80. The molecule has 0 radical (unpaired) electrons. The number of fused-ring (bicyclic) bond motifs is 1. The van der Waals surface area contributed by atoms with Crippen molar-refractivity contribution in [2.24, 2.45) is 5.92 Å². The SMILES string of the molecule is COC(=O)[C@@H](NC(=O)[C@]1(F)[C@@H](CNC(=O)[C@H](C)NC(=O)OC(C)(C)C)O[C@@H]2OC(C)(C)O[C@@H]21)C(C)C. The van der Waals surface area contributed by atoms with Gasteiger partial charge in [0.15, 0.2) is 18.2 Å². The standard InChI is InChI=1S/C23H38FN3O9/c1-11(2)14(17(29)32-9)27-19(30)23(24)13(33-18-15(23)34-22(7,8)35-18)10-25-16(28)12(3)26-20(31)36-21(4,5)6/h11-15,18H,10H2,1-9H3,(H,25,28)(H,26,31)(H,27,30)/t12-,13+,14-,15-,18+,23-/m0/s1. The van der Waals surface area contributed by atoms with Crippen LogP contribution in [-0.4, -0.2) is 85.2 Å². The van der Waals surface area contributed by atoms with E-state index in [-0.39, 0.29) is 0 Å². The molecule has 206 valence electrons. The molecule has 13 heteroatoms. The van der Waals surface area contributed by atoms with Crippen molar-refractivity contribution in [1.82, 2.24) is 16.0 Å². The number of nitrogens with one attached hydrogen (secondary N) is 3. The Bertz CT molecular complexity index is 860. The number of methoxy groups -OCH3 is 1. The van der Waals surface area contributed by atoms with Crippen molar-refractivity contribution in [3.05, 3.63) is 0 Å². The van der Waals surface area contributed by atoms with E-state index >= 15 is 4.39 Å². The molecule has 2 fully saturated rings. The maximum Gasteiger partial charge on any atom is 0.408 e. The number of alkyl halides is 1. The summed E-state index contributed by atoms with van der Waals surface area (Å²) in [5.74, 6) is -4.21. The van der Waals surface area contributed by atoms with E-state index in [1.807, 2.05) is 0 Å². The van der Waals surface area contributed by atoms with Crippen molar-refractivity contribution in [3.8, 4) is 0 Å². The molecule has 12 nitrogen and oxygen atoms in total. The van der Waals surface area contributed by atoms with Gasteiger partial charge in [-0.25, -0.2) is 14.0 Å². The minimum atomic E-state index is -2.82. The first-order valence-electron chi connectivity index (χ1n) is 11.8. The quantitative estimate of drug-likeness (QED) is 0.398. The maximum atomic E-state index is 16.6. The van der Waals surface area contributed by atoms with E-state index < -0.39 is 84.0 Å². The van der Waals surface area contributed by atoms with Gasteiger partial charge in [0.25, 0.3) is 5.91 Å². The summed E-state index contributed by atoms with van der Waals surface area (Å²) in [5.41, 5.74) is -3.59. The third-order valence-electron chi connectivity index (χ3n) is 5.58. The van der Waals surface area contributed by atoms with Gasteiger partial charge in [-0.05, 0) is 47.5 Å². The number of hydrogen-bond donors (Lipinski definition) is 3. The molecule has 2 heterocycles. The first kappa shape index (κ1) is 29.7. The zero-order valence-corrected chi connectivity index (χ0v) is 22.2. The van der Waals surface area contributed by atoms with E-state index in [9.17, 15) is 19.2 Å². The number of carbonyl (C=O) groups is 4. The van der Waals surface area contributed by atoms with Gasteiger partial charge in [-0.3, -0.25) is 9.59 Å². The van der Waals surface area contributed by atoms with Gasteiger partial charge in [0.05, 0.1) is 7.11 Å². The number of ether oxygens (including phenoxy) is 5. The molecule has 0 saturated carbocycles. The number of carbonyl (C=O) groups excluding carboxylic acids is 4. The second-order valence-electron chi connectivity index (χ2n) is 10.6. The molecule has 0 spiro atoms. The van der Waals surface area contributed by atoms with Gasteiger partial charge < -0.3 is 39.6 Å². The normalized spacial score (nSPS) is 28.6. The molecule has 0 aliphatic carbocycles. The van der Waals surface area contributed by atoms with Crippen LogP contribution in [0, 0.1) is 5.92 Å². The lowest BCUT2D eigenvalue weighted by molar-refractivity contribution is -0.219. The Morgan fingerprint density at radius 3 is 2.19 bits per heavy atom. The van der Waals surface area contributed by atoms with Crippen molar-refractivity contribution >= 4 is 23.9 Å². The predicted octanol–water partition coefficient (Wildman–Crippen LogP) is 0.914. The summed E-state index contributed by atoms with van der Waals surface area (Å²) < 4.78 is 43.3. The lowest BCUT2D eigenvalue weighted by atomic mass is 9.91. The van der Waals surface area contributed by atoms with Crippen LogP contribution in [0.1, 0.15) is 55.4 Å². The van der Waals surface area contributed by atoms with Gasteiger partial charge >= 0.3 is 12.1 Å². The third-order valence-corrected chi connectivity index (χ3v) is 5.58. The molecule has 3 amide bonds. The van der Waals surface area contributed by atoms with E-state index in [4.69, 9.17) is 23.7 Å². The molecule has 0 aromatic carbocycles. The number of alkyl carbamates (subject to hydrolysis) is 1. The van der Waals surface area contributed by atoms with Crippen molar-refractivity contribution < 1.29 is 47.3 Å². The van der Waals surface area contributed by atoms with Crippen molar-refractivity contribution in [3.63, 3.8) is 0 Å². The highest BCUT2D eigenvalue weighted by Gasteiger charge is 2.68. The Balaban J connectivity index is 2.16. The summed E-state index contributed by atoms with van der Waals surface area (Å²) in [6.45, 7) is 12.4. The van der Waals surface area contributed by atoms with Crippen molar-refractivity contribution in [2.45, 2.75) is 103 Å². The van der Waals surface area contributed by atoms with Crippen LogP contribution < -0.4 is 16.0 Å². The molecule has 36 heavy (non-hydrogen) atoms. The van der Waals surface area contributed by atoms with E-state index in [1.165, 1.54) is 6.92 Å². The Morgan fingerprint density at radius 1 is 1.06 bits per heavy atom. The molecule has 2 aliphatic rings. The fourth-order valence-electron chi connectivity index (χ4n) is 3.80. The molecule has 3 N–H and O–H groups in total. The van der Waals surface area contributed by atoms with E-state index in [0.29, 0.717) is 0 Å². The second-order valence-corrected chi connectivity index (χ2v) is 10.6. The zero-order valence-electron chi connectivity index (χ0n) is 22.2. The van der Waals surface area contributed by atoms with Crippen LogP contribution in [0.5, 0.6) is 0 Å². The van der Waals surface area contributed by atoms with Gasteiger partial charge in [0.2, 0.25) is 11.6 Å². The molecule has 0 aromatic heterocycles. The van der Waals surface area contributed by atoms with Crippen LogP contribution in [0.4, 0.5) is 9.18 Å². The first-order valence-corrected chi connectivity index (χ1v) is 11.8. The highest BCUT2D eigenvalue weighted by atomic mass is 19.1. The third kappa shape index (κ3) is 6.83. The number of amides is 3. The van der Waals surface area contributed by atoms with Gasteiger partial charge in [-0.2, -0.15) is 0 Å². The minimum absolute atomic E-state index is 0.404. The molecule has 6 atom stereocenters. The smallest absolute Gasteiger partial charge is 0.408 e. The summed E-state index contributed by atoms with van der Waals surface area (Å²) in [7, 11) is 1.16. The van der Waals surface area contributed by atoms with Gasteiger partial charge in [0.1, 0.15) is 23.8 Å². The minimum Gasteiger partial charge on any atom is -0.467 e. The first-order chi connectivity index (χ1) is 16.4. The summed E-state index contributed by atoms with van der Waals surface area (Å²) >= 11 is 0. The van der Waals surface area contributed by atoms with E-state index in [1.54, 1.807) is 48.5 Å². The topological polar surface area (TPSA) is 151 Å². The molecular weight excluding hydrogens is 481 g/mol. The number of halogens is 1. The number of rotatable bonds is 8. The number of esters is 1. The monoisotopic (exact) mass is 519 g/mol. The highest BCUT2D eigenvalue weighted by molar-refractivity contribution is 5.91. The molecule has 0 aromatic rings. The second kappa shape index (κ2) is 10.9. The van der Waals surface area contributed by atoms with Crippen LogP contribution in [0.2, 0.25) is 0 Å². The molecule has 2 rings (SSSR count). The molecular formula is C23H38FN3O9. The Kier molecular flexibility index (Phi) is 8.96. The van der Waals surface area contributed by atoms with Crippen LogP contribution in [0.25, 0.3) is 0 Å². The Morgan fingerprint density at radius 2 is 1.67 bits per heavy atom. The lowest BCUT2D eigenvalue weighted by Crippen LogP contribution is -2.62. The predicted molar refractivity (Wildman–Crippen MR) is 123 cm³/mol. The van der Waals surface area contributed by atoms with Crippen molar-refractivity contribution in [2.75, 3.05) is 13.7 Å². The summed E-state index contributed by atoms with van der Waals surface area (Å²) in [6.07, 6.45) is -5.02. The van der Waals surface area contributed by atoms with Crippen LogP contribution in [-0.2, 0) is 38.1 Å². The summed E-state index contributed by atoms with van der Waals surface area (Å²) in [4.78, 5) is 49.8. The van der Waals surface area contributed by atoms with Gasteiger partial charge in [-0.1, -0.05) is 13.8 Å². The van der Waals surface area contributed by atoms with Gasteiger partial charge in [-0.15, -0.1) is 0 Å². The largest absolute Gasteiger partial charge is 0.467 e. The highest BCUT2D eigenvalue weighted by Crippen LogP contribution is 2.45. The van der Waals surface area contributed by atoms with Gasteiger partial charge in [0, 0.05) is 6.54 Å². The average molecular weight is 520 g/mol. The van der Waals surface area contributed by atoms with Crippen LogP contribution in [0.3, 0.4) is 0 Å². The Labute approximate surface area is 210 Å². The molecule has 2 saturated heterocycles. The maximum absolute atomic E-state index is 16.6. The molecule has 0 bridgehead atoms. The fraction of sp³-hybridized carbons (Fsp3) is 0.826. The number of hydrogen-bond acceptors (Lipinski definition) is 9. The summed E-state index contributed by atoms with van der Waals surface area (Å²) in [6, 6.07) is -2.16. The molecule has 0 unspecified atom stereocenters. The zero-order chi connectivity index (χ0) is 27.6. The van der Waals surface area contributed by atoms with Crippen LogP contribution >= 0.6 is 0 Å². The van der Waals surface area contributed by atoms with Crippen molar-refractivity contribution in [1.29, 1.82) is 0 Å². The lowest BCUT2D eigenvalue weighted by Gasteiger charge is -2.32. The van der Waals surface area contributed by atoms with E-state index in [0.717, 1.165) is 7.11 Å². The molecule has 2 aliphatic heterocycles. The van der Waals surface area contributed by atoms with E-state index in [2.05, 4.69) is 16.0 Å². The summed E-state index contributed by atoms with van der Waals surface area (Å²) in [5, 5.41) is 7.23.